The van der Waals surface area contributed by atoms with Crippen LogP contribution >= 0.6 is 0 Å². The first-order chi connectivity index (χ1) is 5.33. The lowest BCUT2D eigenvalue weighted by molar-refractivity contribution is 0.273. The second-order valence-corrected chi connectivity index (χ2v) is 3.07. The van der Waals surface area contributed by atoms with Crippen LogP contribution in [0, 0.1) is 5.92 Å². The third-order valence-corrected chi connectivity index (χ3v) is 2.29. The smallest absolute Gasteiger partial charge is 0.0728 e. The van der Waals surface area contributed by atoms with E-state index in [1.165, 1.54) is 0 Å². The summed E-state index contributed by atoms with van der Waals surface area (Å²) in [4.78, 5) is 0. The maximum Gasteiger partial charge on any atom is 0.0728 e. The molecule has 2 unspecified atom stereocenters. The van der Waals surface area contributed by atoms with Gasteiger partial charge in [-0.1, -0.05) is 5.21 Å². The first-order valence-corrected chi connectivity index (χ1v) is 3.78. The predicted octanol–water partition coefficient (Wildman–Crippen LogP) is -0.0891. The van der Waals surface area contributed by atoms with E-state index >= 15 is 0 Å². The molecule has 11 heavy (non-hydrogen) atoms. The molecule has 2 atom stereocenters. The van der Waals surface area contributed by atoms with Crippen LogP contribution in [-0.4, -0.2) is 26.7 Å². The highest BCUT2D eigenvalue weighted by Crippen LogP contribution is 2.46. The van der Waals surface area contributed by atoms with Crippen molar-refractivity contribution in [2.45, 2.75) is 12.3 Å². The van der Waals surface area contributed by atoms with Gasteiger partial charge in [0.1, 0.15) is 0 Å². The number of rotatable bonds is 2. The average Bonchev–Trinajstić information content (AvgIpc) is 2.68. The number of hydrogen-bond acceptors (Lipinski definition) is 3. The summed E-state index contributed by atoms with van der Waals surface area (Å²) in [6.07, 6.45) is 2.86. The minimum absolute atomic E-state index is 0.288. The van der Waals surface area contributed by atoms with Crippen molar-refractivity contribution in [3.05, 3.63) is 11.9 Å². The number of aliphatic hydroxyl groups excluding tert-OH is 1. The Morgan fingerprint density at radius 2 is 2.64 bits per heavy atom. The second-order valence-electron chi connectivity index (χ2n) is 3.07. The molecule has 4 heteroatoms. The third-order valence-electron chi connectivity index (χ3n) is 2.29. The van der Waals surface area contributed by atoms with Gasteiger partial charge in [0.25, 0.3) is 0 Å². The zero-order chi connectivity index (χ0) is 7.84. The fraction of sp³-hybridized carbons (Fsp3) is 0.714. The van der Waals surface area contributed by atoms with Crippen LogP contribution in [0.15, 0.2) is 6.20 Å². The molecule has 0 aromatic carbocycles. The van der Waals surface area contributed by atoms with Gasteiger partial charge in [-0.2, -0.15) is 0 Å². The van der Waals surface area contributed by atoms with Crippen molar-refractivity contribution in [2.75, 3.05) is 6.61 Å². The molecule has 1 aromatic rings. The average molecular weight is 153 g/mol. The highest BCUT2D eigenvalue weighted by atomic mass is 16.3. The molecule has 4 nitrogen and oxygen atoms in total. The summed E-state index contributed by atoms with van der Waals surface area (Å²) in [5, 5.41) is 16.4. The van der Waals surface area contributed by atoms with Crippen LogP contribution < -0.4 is 0 Å². The lowest BCUT2D eigenvalue weighted by Crippen LogP contribution is -1.98. The highest BCUT2D eigenvalue weighted by Gasteiger charge is 2.39. The van der Waals surface area contributed by atoms with Gasteiger partial charge in [-0.15, -0.1) is 5.10 Å². The summed E-state index contributed by atoms with van der Waals surface area (Å²) in [6, 6.07) is 0. The Kier molecular flexibility index (Phi) is 1.42. The van der Waals surface area contributed by atoms with Gasteiger partial charge < -0.3 is 5.11 Å². The zero-order valence-electron chi connectivity index (χ0n) is 6.44. The summed E-state index contributed by atoms with van der Waals surface area (Å²) in [5.74, 6) is 0.951. The number of nitrogens with zero attached hydrogens (tertiary/aromatic N) is 3. The molecule has 0 saturated heterocycles. The molecule has 1 heterocycles. The first-order valence-electron chi connectivity index (χ1n) is 3.78. The van der Waals surface area contributed by atoms with Crippen molar-refractivity contribution in [1.82, 2.24) is 15.0 Å². The predicted molar refractivity (Wildman–Crippen MR) is 38.9 cm³/mol. The van der Waals surface area contributed by atoms with E-state index in [0.717, 1.165) is 12.1 Å². The second kappa shape index (κ2) is 2.30. The Morgan fingerprint density at radius 1 is 1.82 bits per heavy atom. The molecule has 1 aliphatic rings. The van der Waals surface area contributed by atoms with E-state index in [1.54, 1.807) is 10.9 Å². The van der Waals surface area contributed by atoms with Crippen LogP contribution in [0.3, 0.4) is 0 Å². The largest absolute Gasteiger partial charge is 0.396 e. The van der Waals surface area contributed by atoms with Crippen LogP contribution in [0.5, 0.6) is 0 Å². The Morgan fingerprint density at radius 3 is 3.09 bits per heavy atom. The van der Waals surface area contributed by atoms with Gasteiger partial charge in [-0.05, 0) is 12.3 Å². The summed E-state index contributed by atoms with van der Waals surface area (Å²) < 4.78 is 1.78. The van der Waals surface area contributed by atoms with Gasteiger partial charge in [0, 0.05) is 19.6 Å². The fourth-order valence-electron chi connectivity index (χ4n) is 1.44. The zero-order valence-corrected chi connectivity index (χ0v) is 6.44. The molecule has 1 aromatic heterocycles. The van der Waals surface area contributed by atoms with Crippen LogP contribution in [-0.2, 0) is 7.05 Å². The number of aliphatic hydroxyl groups is 1. The Bertz CT molecular complexity index is 258. The lowest BCUT2D eigenvalue weighted by Gasteiger charge is -1.95. The van der Waals surface area contributed by atoms with Crippen LogP contribution in [0.25, 0.3) is 0 Å². The molecule has 1 N–H and O–H groups in total. The van der Waals surface area contributed by atoms with Crippen LogP contribution in [0.2, 0.25) is 0 Å². The van der Waals surface area contributed by atoms with Crippen LogP contribution in [0.1, 0.15) is 18.0 Å². The first kappa shape index (κ1) is 6.79. The Hall–Kier alpha value is -0.900. The number of aryl methyl sites for hydroxylation is 1. The highest BCUT2D eigenvalue weighted by molar-refractivity contribution is 5.14. The monoisotopic (exact) mass is 153 g/mol. The normalized spacial score (nSPS) is 28.9. The molecule has 0 bridgehead atoms. The molecule has 0 amide bonds. The molecule has 1 saturated carbocycles. The molecule has 0 radical (unpaired) electrons. The Balaban J connectivity index is 2.14. The maximum absolute atomic E-state index is 8.82. The number of hydrogen-bond donors (Lipinski definition) is 1. The topological polar surface area (TPSA) is 50.9 Å². The standard InChI is InChI=1S/C7H11N3O/c1-10-7(3-8-9-10)6-2-5(6)4-11/h3,5-6,11H,2,4H2,1H3. The van der Waals surface area contributed by atoms with Crippen molar-refractivity contribution in [3.8, 4) is 0 Å². The summed E-state index contributed by atoms with van der Waals surface area (Å²) in [5.41, 5.74) is 1.14. The van der Waals surface area contributed by atoms with Gasteiger partial charge in [0.15, 0.2) is 0 Å². The summed E-state index contributed by atoms with van der Waals surface area (Å²) in [7, 11) is 1.88. The van der Waals surface area contributed by atoms with Crippen molar-refractivity contribution in [3.63, 3.8) is 0 Å². The van der Waals surface area contributed by atoms with Gasteiger partial charge in [0.05, 0.1) is 11.9 Å². The SMILES string of the molecule is Cn1nncc1C1CC1CO. The van der Waals surface area contributed by atoms with Gasteiger partial charge in [0.2, 0.25) is 0 Å². The molecule has 0 spiro atoms. The van der Waals surface area contributed by atoms with Gasteiger partial charge >= 0.3 is 0 Å². The third kappa shape index (κ3) is 1.03. The van der Waals surface area contributed by atoms with Gasteiger partial charge in [-0.3, -0.25) is 4.68 Å². The summed E-state index contributed by atoms with van der Waals surface area (Å²) >= 11 is 0. The van der Waals surface area contributed by atoms with Crippen LogP contribution in [0.4, 0.5) is 0 Å². The molecule has 1 fully saturated rings. The minimum atomic E-state index is 0.288. The van der Waals surface area contributed by atoms with Crippen molar-refractivity contribution >= 4 is 0 Å². The van der Waals surface area contributed by atoms with E-state index in [4.69, 9.17) is 5.11 Å². The minimum Gasteiger partial charge on any atom is -0.396 e. The Labute approximate surface area is 64.8 Å². The van der Waals surface area contributed by atoms with E-state index in [9.17, 15) is 0 Å². The van der Waals surface area contributed by atoms with Crippen molar-refractivity contribution in [2.24, 2.45) is 13.0 Å². The molecule has 0 aliphatic heterocycles. The lowest BCUT2D eigenvalue weighted by atomic mass is 10.2. The quantitative estimate of drug-likeness (QED) is 0.646. The van der Waals surface area contributed by atoms with Gasteiger partial charge in [-0.25, -0.2) is 0 Å². The maximum atomic E-state index is 8.82. The molecule has 2 rings (SSSR count). The fourth-order valence-corrected chi connectivity index (χ4v) is 1.44. The van der Waals surface area contributed by atoms with Crippen molar-refractivity contribution < 1.29 is 5.11 Å². The van der Waals surface area contributed by atoms with E-state index in [2.05, 4.69) is 10.3 Å². The molecule has 1 aliphatic carbocycles. The summed E-state index contributed by atoms with van der Waals surface area (Å²) in [6.45, 7) is 0.288. The molecular weight excluding hydrogens is 142 g/mol. The van der Waals surface area contributed by atoms with E-state index < -0.39 is 0 Å². The van der Waals surface area contributed by atoms with E-state index in [-0.39, 0.29) is 6.61 Å². The van der Waals surface area contributed by atoms with Crippen molar-refractivity contribution in [1.29, 1.82) is 0 Å². The van der Waals surface area contributed by atoms with E-state index in [1.807, 2.05) is 7.05 Å². The van der Waals surface area contributed by atoms with E-state index in [0.29, 0.717) is 11.8 Å². The molecular formula is C7H11N3O. The molecule has 60 valence electrons. The number of aromatic nitrogens is 3.